The highest BCUT2D eigenvalue weighted by Gasteiger charge is 2.44. The fourth-order valence-corrected chi connectivity index (χ4v) is 7.14. The van der Waals surface area contributed by atoms with Crippen LogP contribution in [0.3, 0.4) is 0 Å². The molecule has 1 aliphatic carbocycles. The first-order valence-corrected chi connectivity index (χ1v) is 13.5. The second kappa shape index (κ2) is 9.22. The first kappa shape index (κ1) is 23.0. The Hall–Kier alpha value is -2.43. The van der Waals surface area contributed by atoms with Gasteiger partial charge in [0.1, 0.15) is 5.15 Å². The van der Waals surface area contributed by atoms with Crippen molar-refractivity contribution < 1.29 is 4.79 Å². The second-order valence-corrected chi connectivity index (χ2v) is 11.4. The van der Waals surface area contributed by atoms with Crippen molar-refractivity contribution in [2.24, 2.45) is 11.8 Å². The van der Waals surface area contributed by atoms with Gasteiger partial charge in [0.05, 0.1) is 5.52 Å². The van der Waals surface area contributed by atoms with Gasteiger partial charge in [0, 0.05) is 43.2 Å². The molecule has 2 fully saturated rings. The van der Waals surface area contributed by atoms with E-state index in [9.17, 15) is 4.79 Å². The molecular formula is C30H34ClN3O. The van der Waals surface area contributed by atoms with Crippen molar-refractivity contribution in [3.63, 3.8) is 0 Å². The van der Waals surface area contributed by atoms with E-state index in [-0.39, 0.29) is 5.91 Å². The fourth-order valence-electron chi connectivity index (χ4n) is 6.99. The van der Waals surface area contributed by atoms with Crippen LogP contribution in [0.1, 0.15) is 77.7 Å². The van der Waals surface area contributed by atoms with Gasteiger partial charge in [0.15, 0.2) is 0 Å². The van der Waals surface area contributed by atoms with Gasteiger partial charge in [0.25, 0.3) is 5.91 Å². The Kier molecular flexibility index (Phi) is 6.06. The van der Waals surface area contributed by atoms with E-state index in [2.05, 4.69) is 34.1 Å². The maximum Gasteiger partial charge on any atom is 0.254 e. The Balaban J connectivity index is 1.06. The van der Waals surface area contributed by atoms with Crippen LogP contribution >= 0.6 is 11.6 Å². The number of halogens is 1. The first-order chi connectivity index (χ1) is 17.0. The second-order valence-electron chi connectivity index (χ2n) is 11.0. The van der Waals surface area contributed by atoms with Crippen molar-refractivity contribution in [1.29, 1.82) is 0 Å². The number of hydrogen-bond donors (Lipinski definition) is 0. The summed E-state index contributed by atoms with van der Waals surface area (Å²) in [6.45, 7) is 4.06. The summed E-state index contributed by atoms with van der Waals surface area (Å²) in [4.78, 5) is 22.5. The molecule has 35 heavy (non-hydrogen) atoms. The monoisotopic (exact) mass is 487 g/mol. The van der Waals surface area contributed by atoms with E-state index < -0.39 is 0 Å². The van der Waals surface area contributed by atoms with Crippen molar-refractivity contribution >= 4 is 28.4 Å². The van der Waals surface area contributed by atoms with Crippen molar-refractivity contribution in [3.05, 3.63) is 75.9 Å². The summed E-state index contributed by atoms with van der Waals surface area (Å²) in [6.07, 6.45) is 7.61. The number of hydrogen-bond acceptors (Lipinski definition) is 3. The lowest BCUT2D eigenvalue weighted by Crippen LogP contribution is -2.35. The lowest BCUT2D eigenvalue weighted by atomic mass is 9.81. The summed E-state index contributed by atoms with van der Waals surface area (Å²) >= 11 is 6.11. The molecule has 6 rings (SSSR count). The number of nitrogens with zero attached hydrogens (tertiary/aromatic N) is 3. The van der Waals surface area contributed by atoms with Gasteiger partial charge in [-0.05, 0) is 92.2 Å². The number of carbonyl (C=O) groups excluding carboxylic acids is 1. The highest BCUT2D eigenvalue weighted by atomic mass is 35.5. The van der Waals surface area contributed by atoms with Crippen LogP contribution in [0.5, 0.6) is 0 Å². The zero-order chi connectivity index (χ0) is 24.1. The summed E-state index contributed by atoms with van der Waals surface area (Å²) in [5, 5.41) is 1.34. The third-order valence-electron chi connectivity index (χ3n) is 8.80. The van der Waals surface area contributed by atoms with Crippen molar-refractivity contribution in [2.75, 3.05) is 20.1 Å². The molecule has 2 bridgehead atoms. The molecule has 3 heterocycles. The quantitative estimate of drug-likeness (QED) is 0.365. The van der Waals surface area contributed by atoms with Gasteiger partial charge >= 0.3 is 0 Å². The van der Waals surface area contributed by atoms with E-state index >= 15 is 0 Å². The molecule has 2 unspecified atom stereocenters. The third-order valence-corrected chi connectivity index (χ3v) is 9.01. The molecule has 3 aromatic rings. The maximum absolute atomic E-state index is 13.4. The largest absolute Gasteiger partial charge is 0.341 e. The molecule has 0 spiro atoms. The SMILES string of the molecule is Cc1ccc(C(=O)N(C)CC2CCC(CN3C4CCC3c3ccccc34)CC2)c2ccc(Cl)nc12. The molecule has 5 heteroatoms. The molecule has 0 radical (unpaired) electrons. The minimum Gasteiger partial charge on any atom is -0.341 e. The van der Waals surface area contributed by atoms with Crippen LogP contribution in [0.4, 0.5) is 0 Å². The molecular weight excluding hydrogens is 454 g/mol. The highest BCUT2D eigenvalue weighted by molar-refractivity contribution is 6.30. The topological polar surface area (TPSA) is 36.4 Å². The molecule has 1 saturated heterocycles. The molecule has 4 nitrogen and oxygen atoms in total. The van der Waals surface area contributed by atoms with Crippen LogP contribution in [-0.4, -0.2) is 40.8 Å². The number of fused-ring (bicyclic) bond motifs is 6. The number of aromatic nitrogens is 1. The molecule has 182 valence electrons. The average molecular weight is 488 g/mol. The van der Waals surface area contributed by atoms with Crippen LogP contribution < -0.4 is 0 Å². The number of carbonyl (C=O) groups is 1. The molecule has 1 aromatic heterocycles. The van der Waals surface area contributed by atoms with Gasteiger partial charge < -0.3 is 4.90 Å². The van der Waals surface area contributed by atoms with Crippen molar-refractivity contribution in [2.45, 2.75) is 57.5 Å². The normalized spacial score (nSPS) is 25.7. The smallest absolute Gasteiger partial charge is 0.254 e. The summed E-state index contributed by atoms with van der Waals surface area (Å²) < 4.78 is 0. The average Bonchev–Trinajstić information content (AvgIpc) is 3.41. The van der Waals surface area contributed by atoms with Gasteiger partial charge in [-0.3, -0.25) is 9.69 Å². The third kappa shape index (κ3) is 4.15. The molecule has 3 aliphatic rings. The number of rotatable bonds is 5. The van der Waals surface area contributed by atoms with Crippen molar-refractivity contribution in [1.82, 2.24) is 14.8 Å². The fraction of sp³-hybridized carbons (Fsp3) is 0.467. The van der Waals surface area contributed by atoms with Crippen molar-refractivity contribution in [3.8, 4) is 0 Å². The van der Waals surface area contributed by atoms with Crippen LogP contribution in [0.25, 0.3) is 10.9 Å². The Morgan fingerprint density at radius 1 is 0.943 bits per heavy atom. The Morgan fingerprint density at radius 2 is 1.60 bits per heavy atom. The zero-order valence-electron chi connectivity index (χ0n) is 20.7. The summed E-state index contributed by atoms with van der Waals surface area (Å²) in [6, 6.07) is 18.0. The zero-order valence-corrected chi connectivity index (χ0v) is 21.5. The lowest BCUT2D eigenvalue weighted by Gasteiger charge is -2.34. The Morgan fingerprint density at radius 3 is 2.29 bits per heavy atom. The predicted octanol–water partition coefficient (Wildman–Crippen LogP) is 6.97. The van der Waals surface area contributed by atoms with Crippen LogP contribution in [0.2, 0.25) is 5.15 Å². The first-order valence-electron chi connectivity index (χ1n) is 13.2. The van der Waals surface area contributed by atoms with E-state index in [1.54, 1.807) is 17.2 Å². The van der Waals surface area contributed by atoms with Gasteiger partial charge in [0.2, 0.25) is 0 Å². The Labute approximate surface area is 213 Å². The van der Waals surface area contributed by atoms with E-state index in [1.807, 2.05) is 37.1 Å². The minimum atomic E-state index is 0.0765. The standard InChI is InChI=1S/C30H34ClN3O/c1-19-7-12-25(24-13-16-28(31)32-29(19)24)30(35)33(2)17-20-8-10-21(11-9-20)18-34-26-14-15-27(34)23-6-4-3-5-22(23)26/h3-7,12-13,16,20-21,26-27H,8-11,14-15,17-18H2,1-2H3. The molecule has 1 amide bonds. The minimum absolute atomic E-state index is 0.0765. The number of amides is 1. The number of aryl methyl sites for hydroxylation is 1. The highest BCUT2D eigenvalue weighted by Crippen LogP contribution is 2.53. The molecule has 2 atom stereocenters. The Bertz CT molecular complexity index is 1230. The van der Waals surface area contributed by atoms with Gasteiger partial charge in [-0.2, -0.15) is 0 Å². The summed E-state index contributed by atoms with van der Waals surface area (Å²) in [5.74, 6) is 1.44. The maximum atomic E-state index is 13.4. The van der Waals surface area contributed by atoms with Gasteiger partial charge in [-0.1, -0.05) is 41.9 Å². The number of benzene rings is 2. The van der Waals surface area contributed by atoms with E-state index in [4.69, 9.17) is 11.6 Å². The van der Waals surface area contributed by atoms with Crippen LogP contribution in [0.15, 0.2) is 48.5 Å². The predicted molar refractivity (Wildman–Crippen MR) is 142 cm³/mol. The summed E-state index contributed by atoms with van der Waals surface area (Å²) in [7, 11) is 1.95. The molecule has 0 N–H and O–H groups in total. The van der Waals surface area contributed by atoms with E-state index in [0.717, 1.165) is 34.5 Å². The van der Waals surface area contributed by atoms with E-state index in [0.29, 0.717) is 23.2 Å². The lowest BCUT2D eigenvalue weighted by molar-refractivity contribution is 0.0745. The van der Waals surface area contributed by atoms with Gasteiger partial charge in [-0.15, -0.1) is 0 Å². The number of pyridine rings is 1. The molecule has 2 aliphatic heterocycles. The van der Waals surface area contributed by atoms with Gasteiger partial charge in [-0.25, -0.2) is 4.98 Å². The summed E-state index contributed by atoms with van der Waals surface area (Å²) in [5.41, 5.74) is 5.73. The van der Waals surface area contributed by atoms with E-state index in [1.165, 1.54) is 45.1 Å². The van der Waals surface area contributed by atoms with Crippen LogP contribution in [-0.2, 0) is 0 Å². The molecule has 2 aromatic carbocycles. The molecule has 1 saturated carbocycles. The van der Waals surface area contributed by atoms with Crippen LogP contribution in [0, 0.1) is 18.8 Å².